The second-order valence-corrected chi connectivity index (χ2v) is 6.77. The van der Waals surface area contributed by atoms with Crippen LogP contribution in [0.1, 0.15) is 37.1 Å². The van der Waals surface area contributed by atoms with Gasteiger partial charge in [-0.1, -0.05) is 43.7 Å². The summed E-state index contributed by atoms with van der Waals surface area (Å²) in [6, 6.07) is 9.80. The zero-order chi connectivity index (χ0) is 13.7. The summed E-state index contributed by atoms with van der Waals surface area (Å²) in [4.78, 5) is 12.2. The zero-order valence-electron chi connectivity index (χ0n) is 11.1. The molecule has 0 aliphatic heterocycles. The lowest BCUT2D eigenvalue weighted by atomic mass is 10.1. The fourth-order valence-electron chi connectivity index (χ4n) is 2.53. The van der Waals surface area contributed by atoms with Gasteiger partial charge in [-0.3, -0.25) is 4.79 Å². The summed E-state index contributed by atoms with van der Waals surface area (Å²) >= 11 is 8.18. The second-order valence-electron chi connectivity index (χ2n) is 4.81. The summed E-state index contributed by atoms with van der Waals surface area (Å²) in [7, 11) is 0. The van der Waals surface area contributed by atoms with Gasteiger partial charge in [-0.15, -0.1) is 11.6 Å². The van der Waals surface area contributed by atoms with Gasteiger partial charge >= 0.3 is 0 Å². The molecule has 0 saturated heterocycles. The van der Waals surface area contributed by atoms with Crippen LogP contribution in [0.2, 0.25) is 0 Å². The molecule has 0 heterocycles. The molecule has 19 heavy (non-hydrogen) atoms. The highest BCUT2D eigenvalue weighted by atomic mass is 35.5. The third-order valence-corrected chi connectivity index (χ3v) is 5.26. The van der Waals surface area contributed by atoms with E-state index in [1.165, 1.54) is 12.8 Å². The first kappa shape index (κ1) is 14.7. The van der Waals surface area contributed by atoms with Gasteiger partial charge in [-0.05, 0) is 24.2 Å². The number of carbonyl (C=O) groups excluding carboxylic acids is 1. The Bertz CT molecular complexity index is 412. The third kappa shape index (κ3) is 3.90. The average molecular weight is 298 g/mol. The highest BCUT2D eigenvalue weighted by molar-refractivity contribution is 7.99. The molecule has 0 radical (unpaired) electrons. The standard InChI is InChI=1S/C15H20ClNOS/c1-2-19-13-10-6-9-12(13)17-15(18)14(16)11-7-4-3-5-8-11/h3-5,7-8,12-14H,2,6,9-10H2,1H3,(H,17,18). The lowest BCUT2D eigenvalue weighted by Gasteiger charge is -2.21. The number of hydrogen-bond donors (Lipinski definition) is 1. The van der Waals surface area contributed by atoms with Crippen LogP contribution in [0, 0.1) is 0 Å². The minimum atomic E-state index is -0.589. The Morgan fingerprint density at radius 3 is 2.84 bits per heavy atom. The Kier molecular flexibility index (Phi) is 5.59. The first-order valence-electron chi connectivity index (χ1n) is 6.83. The molecule has 1 saturated carbocycles. The highest BCUT2D eigenvalue weighted by Gasteiger charge is 2.30. The van der Waals surface area contributed by atoms with Crippen LogP contribution in [0.4, 0.5) is 0 Å². The van der Waals surface area contributed by atoms with Gasteiger partial charge in [0.1, 0.15) is 5.38 Å². The molecule has 1 aliphatic carbocycles. The Balaban J connectivity index is 1.93. The number of benzene rings is 1. The molecule has 2 nitrogen and oxygen atoms in total. The number of halogens is 1. The maximum absolute atomic E-state index is 12.2. The molecule has 1 aromatic rings. The molecular formula is C15H20ClNOS. The summed E-state index contributed by atoms with van der Waals surface area (Å²) in [5.41, 5.74) is 0.861. The zero-order valence-corrected chi connectivity index (χ0v) is 12.7. The van der Waals surface area contributed by atoms with Gasteiger partial charge in [0, 0.05) is 11.3 Å². The molecule has 1 aromatic carbocycles. The van der Waals surface area contributed by atoms with Gasteiger partial charge in [0.2, 0.25) is 5.91 Å². The number of hydrogen-bond acceptors (Lipinski definition) is 2. The number of carbonyl (C=O) groups is 1. The number of rotatable bonds is 5. The average Bonchev–Trinajstić information content (AvgIpc) is 2.86. The van der Waals surface area contributed by atoms with Crippen LogP contribution in [-0.4, -0.2) is 23.0 Å². The Hall–Kier alpha value is -0.670. The van der Waals surface area contributed by atoms with Crippen LogP contribution in [0.25, 0.3) is 0 Å². The smallest absolute Gasteiger partial charge is 0.242 e. The lowest BCUT2D eigenvalue weighted by molar-refractivity contribution is -0.121. The second kappa shape index (κ2) is 7.20. The van der Waals surface area contributed by atoms with E-state index in [0.29, 0.717) is 5.25 Å². The normalized spacial score (nSPS) is 24.1. The Morgan fingerprint density at radius 2 is 2.16 bits per heavy atom. The van der Waals surface area contributed by atoms with Crippen LogP contribution in [0.5, 0.6) is 0 Å². The largest absolute Gasteiger partial charge is 0.351 e. The summed E-state index contributed by atoms with van der Waals surface area (Å²) in [6.45, 7) is 2.16. The molecule has 2 rings (SSSR count). The van der Waals surface area contributed by atoms with Gasteiger partial charge < -0.3 is 5.32 Å². The van der Waals surface area contributed by atoms with E-state index < -0.39 is 5.38 Å². The van der Waals surface area contributed by atoms with Gasteiger partial charge in [0.25, 0.3) is 0 Å². The predicted octanol–water partition coefficient (Wildman–Crippen LogP) is 3.76. The molecule has 4 heteroatoms. The SMILES string of the molecule is CCSC1CCCC1NC(=O)C(Cl)c1ccccc1. The minimum absolute atomic E-state index is 0.0681. The van der Waals surface area contributed by atoms with Crippen LogP contribution in [-0.2, 0) is 4.79 Å². The van der Waals surface area contributed by atoms with Crippen molar-refractivity contribution in [3.05, 3.63) is 35.9 Å². The molecular weight excluding hydrogens is 278 g/mol. The molecule has 3 atom stereocenters. The number of thioether (sulfide) groups is 1. The lowest BCUT2D eigenvalue weighted by Crippen LogP contribution is -2.40. The molecule has 104 valence electrons. The van der Waals surface area contributed by atoms with E-state index in [-0.39, 0.29) is 11.9 Å². The van der Waals surface area contributed by atoms with Gasteiger partial charge in [-0.2, -0.15) is 11.8 Å². The molecule has 1 amide bonds. The highest BCUT2D eigenvalue weighted by Crippen LogP contribution is 2.31. The van der Waals surface area contributed by atoms with E-state index in [1.807, 2.05) is 42.1 Å². The first-order valence-corrected chi connectivity index (χ1v) is 8.32. The molecule has 3 unspecified atom stereocenters. The van der Waals surface area contributed by atoms with Crippen molar-refractivity contribution in [3.8, 4) is 0 Å². The van der Waals surface area contributed by atoms with Gasteiger partial charge in [0.15, 0.2) is 0 Å². The molecule has 0 bridgehead atoms. The number of nitrogens with one attached hydrogen (secondary N) is 1. The van der Waals surface area contributed by atoms with Crippen molar-refractivity contribution in [1.82, 2.24) is 5.32 Å². The van der Waals surface area contributed by atoms with Crippen molar-refractivity contribution in [2.45, 2.75) is 42.9 Å². The predicted molar refractivity (Wildman–Crippen MR) is 82.7 cm³/mol. The van der Waals surface area contributed by atoms with Crippen molar-refractivity contribution in [3.63, 3.8) is 0 Å². The number of alkyl halides is 1. The third-order valence-electron chi connectivity index (χ3n) is 3.48. The Labute approximate surface area is 124 Å². The summed E-state index contributed by atoms with van der Waals surface area (Å²) in [6.07, 6.45) is 3.46. The van der Waals surface area contributed by atoms with E-state index in [0.717, 1.165) is 17.7 Å². The molecule has 0 aromatic heterocycles. The van der Waals surface area contributed by atoms with E-state index >= 15 is 0 Å². The van der Waals surface area contributed by atoms with Crippen LogP contribution in [0.15, 0.2) is 30.3 Å². The quantitative estimate of drug-likeness (QED) is 0.839. The van der Waals surface area contributed by atoms with Crippen molar-refractivity contribution < 1.29 is 4.79 Å². The summed E-state index contributed by atoms with van der Waals surface area (Å²) in [5, 5.41) is 3.08. The Morgan fingerprint density at radius 1 is 1.42 bits per heavy atom. The van der Waals surface area contributed by atoms with Crippen molar-refractivity contribution >= 4 is 29.3 Å². The maximum Gasteiger partial charge on any atom is 0.242 e. The molecule has 1 fully saturated rings. The van der Waals surface area contributed by atoms with Crippen LogP contribution < -0.4 is 5.32 Å². The molecule has 1 N–H and O–H groups in total. The van der Waals surface area contributed by atoms with E-state index in [2.05, 4.69) is 12.2 Å². The summed E-state index contributed by atoms with van der Waals surface area (Å²) < 4.78 is 0. The van der Waals surface area contributed by atoms with Crippen molar-refractivity contribution in [1.29, 1.82) is 0 Å². The van der Waals surface area contributed by atoms with E-state index in [4.69, 9.17) is 11.6 Å². The first-order chi connectivity index (χ1) is 9.22. The van der Waals surface area contributed by atoms with Gasteiger partial charge in [-0.25, -0.2) is 0 Å². The fourth-order valence-corrected chi connectivity index (χ4v) is 3.94. The number of amides is 1. The topological polar surface area (TPSA) is 29.1 Å². The molecule has 1 aliphatic rings. The van der Waals surface area contributed by atoms with Crippen LogP contribution >= 0.6 is 23.4 Å². The maximum atomic E-state index is 12.2. The van der Waals surface area contributed by atoms with Gasteiger partial charge in [0.05, 0.1) is 0 Å². The summed E-state index contributed by atoms with van der Waals surface area (Å²) in [5.74, 6) is 1.03. The molecule has 0 spiro atoms. The fraction of sp³-hybridized carbons (Fsp3) is 0.533. The monoisotopic (exact) mass is 297 g/mol. The minimum Gasteiger partial charge on any atom is -0.351 e. The van der Waals surface area contributed by atoms with E-state index in [9.17, 15) is 4.79 Å². The van der Waals surface area contributed by atoms with Crippen molar-refractivity contribution in [2.75, 3.05) is 5.75 Å². The van der Waals surface area contributed by atoms with E-state index in [1.54, 1.807) is 0 Å². The van der Waals surface area contributed by atoms with Crippen molar-refractivity contribution in [2.24, 2.45) is 0 Å². The van der Waals surface area contributed by atoms with Crippen LogP contribution in [0.3, 0.4) is 0 Å².